The van der Waals surface area contributed by atoms with E-state index in [0.717, 1.165) is 68.9 Å². The quantitative estimate of drug-likeness (QED) is 0.465. The van der Waals surface area contributed by atoms with Crippen LogP contribution in [0.15, 0.2) is 30.3 Å². The number of nitrogens with zero attached hydrogens (tertiary/aromatic N) is 3. The van der Waals surface area contributed by atoms with E-state index in [9.17, 15) is 4.39 Å². The van der Waals surface area contributed by atoms with E-state index in [1.54, 1.807) is 6.07 Å². The predicted octanol–water partition coefficient (Wildman–Crippen LogP) is 5.30. The first-order valence-electron chi connectivity index (χ1n) is 11.0. The Kier molecular flexibility index (Phi) is 6.92. The maximum atomic E-state index is 13.4. The lowest BCUT2D eigenvalue weighted by molar-refractivity contribution is 0.434. The molecule has 0 atom stereocenters. The van der Waals surface area contributed by atoms with Gasteiger partial charge in [0.1, 0.15) is 16.8 Å². The molecule has 2 aliphatic rings. The van der Waals surface area contributed by atoms with Gasteiger partial charge in [-0.2, -0.15) is 4.98 Å². The van der Waals surface area contributed by atoms with Crippen LogP contribution in [0.3, 0.4) is 0 Å². The van der Waals surface area contributed by atoms with Gasteiger partial charge in [0.15, 0.2) is 5.11 Å². The van der Waals surface area contributed by atoms with Gasteiger partial charge in [0.2, 0.25) is 5.95 Å². The molecule has 4 rings (SSSR count). The molecule has 0 radical (unpaired) electrons. The highest BCUT2D eigenvalue weighted by Crippen LogP contribution is 2.40. The number of rotatable bonds is 5. The molecule has 0 amide bonds. The first-order chi connectivity index (χ1) is 14.9. The van der Waals surface area contributed by atoms with Gasteiger partial charge >= 0.3 is 0 Å². The zero-order valence-corrected chi connectivity index (χ0v) is 19.4. The van der Waals surface area contributed by atoms with Crippen molar-refractivity contribution in [3.63, 3.8) is 0 Å². The topological polar surface area (TPSA) is 53.1 Å². The molecule has 1 saturated carbocycles. The molecule has 2 N–H and O–H groups in total. The van der Waals surface area contributed by atoms with Crippen LogP contribution in [0.4, 0.5) is 16.2 Å². The fourth-order valence-corrected chi connectivity index (χ4v) is 5.02. The second-order valence-corrected chi connectivity index (χ2v) is 9.64. The Morgan fingerprint density at radius 2 is 1.87 bits per heavy atom. The summed E-state index contributed by atoms with van der Waals surface area (Å²) in [6.07, 6.45) is 6.73. The fourth-order valence-electron chi connectivity index (χ4n) is 4.68. The van der Waals surface area contributed by atoms with Gasteiger partial charge in [-0.3, -0.25) is 0 Å². The number of benzene rings is 1. The second-order valence-electron chi connectivity index (χ2n) is 8.84. The van der Waals surface area contributed by atoms with Gasteiger partial charge < -0.3 is 15.5 Å². The monoisotopic (exact) mass is 461 g/mol. The van der Waals surface area contributed by atoms with Crippen LogP contribution in [-0.2, 0) is 5.41 Å². The summed E-state index contributed by atoms with van der Waals surface area (Å²) in [5.41, 5.74) is 1.12. The number of hydrogen-bond acceptors (Lipinski definition) is 4. The van der Waals surface area contributed by atoms with Gasteiger partial charge in [0, 0.05) is 31.1 Å². The first kappa shape index (κ1) is 22.2. The van der Waals surface area contributed by atoms with Crippen LogP contribution < -0.4 is 15.5 Å². The molecule has 1 aromatic carbocycles. The van der Waals surface area contributed by atoms with Crippen LogP contribution >= 0.6 is 23.8 Å². The highest BCUT2D eigenvalue weighted by molar-refractivity contribution is 7.80. The maximum Gasteiger partial charge on any atom is 0.232 e. The van der Waals surface area contributed by atoms with E-state index < -0.39 is 0 Å². The average molecular weight is 462 g/mol. The Bertz CT molecular complexity index is 909. The van der Waals surface area contributed by atoms with Crippen molar-refractivity contribution in [1.29, 1.82) is 0 Å². The Hall–Kier alpha value is -1.99. The molecule has 0 spiro atoms. The van der Waals surface area contributed by atoms with Crippen molar-refractivity contribution in [1.82, 2.24) is 15.3 Å². The largest absolute Gasteiger partial charge is 0.361 e. The molecule has 5 nitrogen and oxygen atoms in total. The zero-order chi connectivity index (χ0) is 21.8. The molecule has 2 heterocycles. The van der Waals surface area contributed by atoms with Crippen LogP contribution in [0.5, 0.6) is 0 Å². The standard InChI is InChI=1S/C23H29ClFN5S/c1-16-8-12-30(13-9-16)20-14-19(24)27-21(28-20)29-22(31)26-15-23(10-2-3-11-23)17-4-6-18(25)7-5-17/h4-7,14,16H,2-3,8-13,15H2,1H3,(H2,26,27,28,29,31). The van der Waals surface area contributed by atoms with Gasteiger partial charge in [-0.05, 0) is 61.5 Å². The van der Waals surface area contributed by atoms with Crippen molar-refractivity contribution in [3.05, 3.63) is 46.9 Å². The van der Waals surface area contributed by atoms with E-state index in [-0.39, 0.29) is 11.2 Å². The Labute approximate surface area is 193 Å². The molecule has 1 saturated heterocycles. The molecule has 8 heteroatoms. The molecule has 166 valence electrons. The lowest BCUT2D eigenvalue weighted by atomic mass is 9.79. The summed E-state index contributed by atoms with van der Waals surface area (Å²) in [6, 6.07) is 8.67. The Morgan fingerprint density at radius 1 is 1.19 bits per heavy atom. The lowest BCUT2D eigenvalue weighted by Gasteiger charge is -2.31. The SMILES string of the molecule is CC1CCN(c2cc(Cl)nc(NC(=S)NCC3(c4ccc(F)cc4)CCCC3)n2)CC1. The molecule has 2 aromatic rings. The van der Waals surface area contributed by atoms with Crippen LogP contribution in [0.25, 0.3) is 0 Å². The minimum Gasteiger partial charge on any atom is -0.361 e. The Balaban J connectivity index is 1.41. The number of aromatic nitrogens is 2. The van der Waals surface area contributed by atoms with Crippen LogP contribution in [-0.4, -0.2) is 34.7 Å². The molecule has 31 heavy (non-hydrogen) atoms. The van der Waals surface area contributed by atoms with Crippen molar-refractivity contribution in [3.8, 4) is 0 Å². The molecule has 0 unspecified atom stereocenters. The van der Waals surface area contributed by atoms with E-state index in [0.29, 0.717) is 22.8 Å². The third-order valence-electron chi connectivity index (χ3n) is 6.62. The lowest BCUT2D eigenvalue weighted by Crippen LogP contribution is -2.41. The van der Waals surface area contributed by atoms with E-state index in [4.69, 9.17) is 23.8 Å². The molecular weight excluding hydrogens is 433 g/mol. The molecular formula is C23H29ClFN5S. The predicted molar refractivity (Wildman–Crippen MR) is 128 cm³/mol. The van der Waals surface area contributed by atoms with E-state index in [2.05, 4.69) is 32.4 Å². The van der Waals surface area contributed by atoms with Gasteiger partial charge in [-0.25, -0.2) is 9.37 Å². The number of anilines is 2. The third kappa shape index (κ3) is 5.44. The summed E-state index contributed by atoms with van der Waals surface area (Å²) < 4.78 is 13.4. The molecule has 0 bridgehead atoms. The Morgan fingerprint density at radius 3 is 2.55 bits per heavy atom. The summed E-state index contributed by atoms with van der Waals surface area (Å²) >= 11 is 11.8. The van der Waals surface area contributed by atoms with Crippen molar-refractivity contribution < 1.29 is 4.39 Å². The smallest absolute Gasteiger partial charge is 0.232 e. The third-order valence-corrected chi connectivity index (χ3v) is 7.06. The normalized spacial score (nSPS) is 18.7. The second kappa shape index (κ2) is 9.65. The van der Waals surface area contributed by atoms with Gasteiger partial charge in [-0.1, -0.05) is 43.5 Å². The van der Waals surface area contributed by atoms with Crippen LogP contribution in [0.1, 0.15) is 51.0 Å². The van der Waals surface area contributed by atoms with E-state index in [1.165, 1.54) is 12.1 Å². The molecule has 1 aliphatic heterocycles. The van der Waals surface area contributed by atoms with Crippen molar-refractivity contribution >= 4 is 40.7 Å². The van der Waals surface area contributed by atoms with Crippen molar-refractivity contribution in [2.75, 3.05) is 29.9 Å². The number of thiocarbonyl (C=S) groups is 1. The van der Waals surface area contributed by atoms with E-state index >= 15 is 0 Å². The molecule has 1 aromatic heterocycles. The zero-order valence-electron chi connectivity index (χ0n) is 17.8. The highest BCUT2D eigenvalue weighted by atomic mass is 35.5. The average Bonchev–Trinajstić information content (AvgIpc) is 3.23. The number of piperidine rings is 1. The summed E-state index contributed by atoms with van der Waals surface area (Å²) in [7, 11) is 0. The van der Waals surface area contributed by atoms with Gasteiger partial charge in [-0.15, -0.1) is 0 Å². The van der Waals surface area contributed by atoms with Crippen molar-refractivity contribution in [2.24, 2.45) is 5.92 Å². The maximum absolute atomic E-state index is 13.4. The van der Waals surface area contributed by atoms with Crippen LogP contribution in [0.2, 0.25) is 5.15 Å². The van der Waals surface area contributed by atoms with Gasteiger partial charge in [0.05, 0.1) is 0 Å². The molecule has 2 fully saturated rings. The molecule has 1 aliphatic carbocycles. The van der Waals surface area contributed by atoms with Crippen LogP contribution in [0, 0.1) is 11.7 Å². The number of nitrogens with one attached hydrogen (secondary N) is 2. The number of hydrogen-bond donors (Lipinski definition) is 2. The highest BCUT2D eigenvalue weighted by Gasteiger charge is 2.35. The fraction of sp³-hybridized carbons (Fsp3) is 0.522. The summed E-state index contributed by atoms with van der Waals surface area (Å²) in [5, 5.41) is 7.30. The summed E-state index contributed by atoms with van der Waals surface area (Å²) in [6.45, 7) is 4.90. The summed E-state index contributed by atoms with van der Waals surface area (Å²) in [4.78, 5) is 11.2. The van der Waals surface area contributed by atoms with Crippen molar-refractivity contribution in [2.45, 2.75) is 50.9 Å². The minimum absolute atomic E-state index is 0.0374. The summed E-state index contributed by atoms with van der Waals surface area (Å²) in [5.74, 6) is 1.77. The number of halogens is 2. The minimum atomic E-state index is -0.209. The van der Waals surface area contributed by atoms with Gasteiger partial charge in [0.25, 0.3) is 0 Å². The van der Waals surface area contributed by atoms with E-state index in [1.807, 2.05) is 12.1 Å². The first-order valence-corrected chi connectivity index (χ1v) is 11.8.